The molecule has 0 amide bonds. The number of nitrogens with one attached hydrogen (secondary N) is 1. The van der Waals surface area contributed by atoms with Gasteiger partial charge in [0.1, 0.15) is 0 Å². The zero-order chi connectivity index (χ0) is 15.4. The van der Waals surface area contributed by atoms with E-state index < -0.39 is 10.0 Å². The van der Waals surface area contributed by atoms with Crippen molar-refractivity contribution in [3.63, 3.8) is 0 Å². The lowest BCUT2D eigenvalue weighted by Crippen LogP contribution is -2.50. The van der Waals surface area contributed by atoms with Crippen LogP contribution < -0.4 is 5.32 Å². The number of piperazine rings is 1. The summed E-state index contributed by atoms with van der Waals surface area (Å²) >= 11 is 0. The molecule has 0 spiro atoms. The summed E-state index contributed by atoms with van der Waals surface area (Å²) in [5, 5.41) is 3.31. The standard InChI is InChI=1S/C16H25N3O2S/c20-22(21,13-14-5-2-1-3-6-14)19-10-9-18-12-16(19)15-7-4-8-17-11-15/h4,7-8,11,14,16,18H,1-3,5-6,9-10,12-13H2. The molecule has 3 rings (SSSR count). The van der Waals surface area contributed by atoms with Crippen LogP contribution in [0.4, 0.5) is 0 Å². The minimum atomic E-state index is -3.21. The Balaban J connectivity index is 1.77. The van der Waals surface area contributed by atoms with Crippen LogP contribution in [-0.4, -0.2) is 43.1 Å². The number of pyridine rings is 1. The molecule has 1 N–H and O–H groups in total. The van der Waals surface area contributed by atoms with Crippen LogP contribution in [-0.2, 0) is 10.0 Å². The van der Waals surface area contributed by atoms with E-state index in [0.29, 0.717) is 24.8 Å². The van der Waals surface area contributed by atoms with Gasteiger partial charge in [-0.25, -0.2) is 8.42 Å². The molecule has 0 bridgehead atoms. The van der Waals surface area contributed by atoms with Gasteiger partial charge in [0.25, 0.3) is 0 Å². The van der Waals surface area contributed by atoms with E-state index in [1.165, 1.54) is 19.3 Å². The molecule has 2 aliphatic rings. The number of hydrogen-bond acceptors (Lipinski definition) is 4. The van der Waals surface area contributed by atoms with Gasteiger partial charge in [0.15, 0.2) is 0 Å². The predicted octanol–water partition coefficient (Wildman–Crippen LogP) is 1.94. The van der Waals surface area contributed by atoms with Crippen LogP contribution in [0.1, 0.15) is 43.7 Å². The SMILES string of the molecule is O=S(=O)(CC1CCCCC1)N1CCNCC1c1cccnc1. The Kier molecular flexibility index (Phi) is 5.10. The van der Waals surface area contributed by atoms with Crippen molar-refractivity contribution in [3.05, 3.63) is 30.1 Å². The van der Waals surface area contributed by atoms with Gasteiger partial charge in [-0.3, -0.25) is 4.98 Å². The van der Waals surface area contributed by atoms with Crippen LogP contribution >= 0.6 is 0 Å². The second-order valence-corrected chi connectivity index (χ2v) is 8.37. The van der Waals surface area contributed by atoms with E-state index in [9.17, 15) is 8.42 Å². The molecule has 1 atom stereocenters. The lowest BCUT2D eigenvalue weighted by Gasteiger charge is -2.36. The second-order valence-electron chi connectivity index (χ2n) is 6.40. The van der Waals surface area contributed by atoms with Crippen LogP contribution in [0, 0.1) is 5.92 Å². The number of sulfonamides is 1. The number of hydrogen-bond donors (Lipinski definition) is 1. The molecule has 6 heteroatoms. The van der Waals surface area contributed by atoms with Crippen LogP contribution in [0.3, 0.4) is 0 Å². The second kappa shape index (κ2) is 7.06. The number of nitrogens with zero attached hydrogens (tertiary/aromatic N) is 2. The molecule has 122 valence electrons. The first-order valence-corrected chi connectivity index (χ1v) is 9.88. The summed E-state index contributed by atoms with van der Waals surface area (Å²) in [5.41, 5.74) is 0.974. The summed E-state index contributed by atoms with van der Waals surface area (Å²) in [5.74, 6) is 0.646. The monoisotopic (exact) mass is 323 g/mol. The lowest BCUT2D eigenvalue weighted by atomic mass is 9.91. The zero-order valence-electron chi connectivity index (χ0n) is 12.9. The molecule has 1 aliphatic carbocycles. The Hall–Kier alpha value is -0.980. The topological polar surface area (TPSA) is 62.3 Å². The zero-order valence-corrected chi connectivity index (χ0v) is 13.8. The third kappa shape index (κ3) is 3.67. The summed E-state index contributed by atoms with van der Waals surface area (Å²) < 4.78 is 27.5. The average molecular weight is 323 g/mol. The minimum absolute atomic E-state index is 0.129. The van der Waals surface area contributed by atoms with E-state index >= 15 is 0 Å². The predicted molar refractivity (Wildman–Crippen MR) is 86.9 cm³/mol. The largest absolute Gasteiger partial charge is 0.313 e. The van der Waals surface area contributed by atoms with Crippen molar-refractivity contribution in [3.8, 4) is 0 Å². The van der Waals surface area contributed by atoms with Gasteiger partial charge in [0.05, 0.1) is 11.8 Å². The maximum absolute atomic E-state index is 12.9. The first-order chi connectivity index (χ1) is 10.7. The minimum Gasteiger partial charge on any atom is -0.313 e. The Bertz CT molecular complexity index is 570. The molecule has 1 aromatic heterocycles. The Morgan fingerprint density at radius 1 is 1.27 bits per heavy atom. The number of rotatable bonds is 4. The van der Waals surface area contributed by atoms with E-state index in [1.54, 1.807) is 16.7 Å². The van der Waals surface area contributed by atoms with Crippen molar-refractivity contribution in [2.75, 3.05) is 25.4 Å². The van der Waals surface area contributed by atoms with Crippen LogP contribution in [0.25, 0.3) is 0 Å². The van der Waals surface area contributed by atoms with Gasteiger partial charge in [-0.05, 0) is 30.4 Å². The van der Waals surface area contributed by atoms with Crippen LogP contribution in [0.15, 0.2) is 24.5 Å². The normalized spacial score (nSPS) is 25.2. The summed E-state index contributed by atoms with van der Waals surface area (Å²) in [6.07, 6.45) is 9.22. The quantitative estimate of drug-likeness (QED) is 0.920. The smallest absolute Gasteiger partial charge is 0.215 e. The molecule has 1 saturated carbocycles. The lowest BCUT2D eigenvalue weighted by molar-refractivity contribution is 0.266. The summed E-state index contributed by atoms with van der Waals surface area (Å²) in [6, 6.07) is 3.71. The molecule has 1 aromatic rings. The van der Waals surface area contributed by atoms with Crippen molar-refractivity contribution >= 4 is 10.0 Å². The van der Waals surface area contributed by atoms with Gasteiger partial charge in [0, 0.05) is 32.0 Å². The highest BCUT2D eigenvalue weighted by molar-refractivity contribution is 7.89. The maximum Gasteiger partial charge on any atom is 0.215 e. The van der Waals surface area contributed by atoms with Crippen LogP contribution in [0.2, 0.25) is 0 Å². The van der Waals surface area contributed by atoms with Crippen molar-refractivity contribution in [2.45, 2.75) is 38.1 Å². The molecule has 2 heterocycles. The van der Waals surface area contributed by atoms with Crippen molar-refractivity contribution in [1.29, 1.82) is 0 Å². The Morgan fingerprint density at radius 2 is 2.09 bits per heavy atom. The van der Waals surface area contributed by atoms with Gasteiger partial charge in [-0.2, -0.15) is 4.31 Å². The van der Waals surface area contributed by atoms with E-state index in [2.05, 4.69) is 10.3 Å². The molecule has 1 saturated heterocycles. The molecule has 1 aliphatic heterocycles. The van der Waals surface area contributed by atoms with Gasteiger partial charge in [-0.1, -0.05) is 25.3 Å². The van der Waals surface area contributed by atoms with Crippen molar-refractivity contribution < 1.29 is 8.42 Å². The molecule has 0 aromatic carbocycles. The van der Waals surface area contributed by atoms with Gasteiger partial charge in [0.2, 0.25) is 10.0 Å². The van der Waals surface area contributed by atoms with E-state index in [-0.39, 0.29) is 6.04 Å². The highest BCUT2D eigenvalue weighted by Crippen LogP contribution is 2.29. The molecule has 5 nitrogen and oxygen atoms in total. The van der Waals surface area contributed by atoms with Crippen molar-refractivity contribution in [2.24, 2.45) is 5.92 Å². The molecular weight excluding hydrogens is 298 g/mol. The van der Waals surface area contributed by atoms with Crippen LogP contribution in [0.5, 0.6) is 0 Å². The van der Waals surface area contributed by atoms with E-state index in [4.69, 9.17) is 0 Å². The fourth-order valence-corrected chi connectivity index (χ4v) is 5.70. The summed E-state index contributed by atoms with van der Waals surface area (Å²) in [6.45, 7) is 1.94. The molecule has 2 fully saturated rings. The third-order valence-electron chi connectivity index (χ3n) is 4.79. The van der Waals surface area contributed by atoms with Gasteiger partial charge in [-0.15, -0.1) is 0 Å². The summed E-state index contributed by atoms with van der Waals surface area (Å²) in [7, 11) is -3.21. The fourth-order valence-electron chi connectivity index (χ4n) is 3.62. The molecule has 22 heavy (non-hydrogen) atoms. The Morgan fingerprint density at radius 3 is 2.82 bits per heavy atom. The average Bonchev–Trinajstić information content (AvgIpc) is 2.56. The van der Waals surface area contributed by atoms with Gasteiger partial charge < -0.3 is 5.32 Å². The first kappa shape index (κ1) is 15.9. The summed E-state index contributed by atoms with van der Waals surface area (Å²) in [4.78, 5) is 4.14. The number of aromatic nitrogens is 1. The van der Waals surface area contributed by atoms with E-state index in [1.807, 2.05) is 12.1 Å². The fraction of sp³-hybridized carbons (Fsp3) is 0.688. The third-order valence-corrected chi connectivity index (χ3v) is 6.84. The first-order valence-electron chi connectivity index (χ1n) is 8.27. The van der Waals surface area contributed by atoms with Gasteiger partial charge >= 0.3 is 0 Å². The molecular formula is C16H25N3O2S. The highest BCUT2D eigenvalue weighted by Gasteiger charge is 2.35. The maximum atomic E-state index is 12.9. The van der Waals surface area contributed by atoms with Crippen molar-refractivity contribution in [1.82, 2.24) is 14.6 Å². The molecule has 0 radical (unpaired) electrons. The Labute approximate surface area is 133 Å². The molecule has 1 unspecified atom stereocenters. The highest BCUT2D eigenvalue weighted by atomic mass is 32.2. The van der Waals surface area contributed by atoms with E-state index in [0.717, 1.165) is 24.9 Å².